The van der Waals surface area contributed by atoms with Gasteiger partial charge in [0, 0.05) is 7.05 Å². The van der Waals surface area contributed by atoms with E-state index in [4.69, 9.17) is 11.0 Å². The van der Waals surface area contributed by atoms with Gasteiger partial charge in [-0.1, -0.05) is 18.2 Å². The molecule has 0 spiro atoms. The van der Waals surface area contributed by atoms with Crippen LogP contribution in [0.25, 0.3) is 0 Å². The Kier molecular flexibility index (Phi) is 3.82. The number of anilines is 2. The van der Waals surface area contributed by atoms with E-state index in [2.05, 4.69) is 0 Å². The van der Waals surface area contributed by atoms with Crippen molar-refractivity contribution in [1.82, 2.24) is 0 Å². The summed E-state index contributed by atoms with van der Waals surface area (Å²) in [6.07, 6.45) is 0. The van der Waals surface area contributed by atoms with Crippen molar-refractivity contribution in [2.24, 2.45) is 0 Å². The maximum absolute atomic E-state index is 13.6. The van der Waals surface area contributed by atoms with Gasteiger partial charge in [-0.2, -0.15) is 5.26 Å². The second-order valence-electron chi connectivity index (χ2n) is 4.26. The standard InChI is InChI=1S/C14H12FN3O2S/c1-18(13-7-3-2-6-12(13)17)21(19,20)14-8-4-5-11(15)10(14)9-16/h2-8H,17H2,1H3. The smallest absolute Gasteiger partial charge is 0.265 e. The molecule has 0 unspecified atom stereocenters. The molecule has 108 valence electrons. The van der Waals surface area contributed by atoms with Crippen LogP contribution in [0.4, 0.5) is 15.8 Å². The number of nitrogens with zero attached hydrogens (tertiary/aromatic N) is 2. The zero-order chi connectivity index (χ0) is 15.6. The molecule has 2 rings (SSSR count). The highest BCUT2D eigenvalue weighted by atomic mass is 32.2. The molecule has 0 radical (unpaired) electrons. The van der Waals surface area contributed by atoms with Gasteiger partial charge in [0.1, 0.15) is 22.3 Å². The predicted molar refractivity (Wildman–Crippen MR) is 77.6 cm³/mol. The van der Waals surface area contributed by atoms with Crippen molar-refractivity contribution in [2.45, 2.75) is 4.90 Å². The first-order valence-corrected chi connectivity index (χ1v) is 7.35. The summed E-state index contributed by atoms with van der Waals surface area (Å²) in [6.45, 7) is 0. The van der Waals surface area contributed by atoms with Crippen LogP contribution < -0.4 is 10.0 Å². The number of benzene rings is 2. The summed E-state index contributed by atoms with van der Waals surface area (Å²) < 4.78 is 39.7. The van der Waals surface area contributed by atoms with Crippen molar-refractivity contribution in [3.05, 3.63) is 53.8 Å². The Morgan fingerprint density at radius 2 is 1.86 bits per heavy atom. The molecule has 2 N–H and O–H groups in total. The van der Waals surface area contributed by atoms with Crippen molar-refractivity contribution in [3.63, 3.8) is 0 Å². The minimum Gasteiger partial charge on any atom is -0.397 e. The van der Waals surface area contributed by atoms with Gasteiger partial charge in [-0.25, -0.2) is 12.8 Å². The largest absolute Gasteiger partial charge is 0.397 e. The zero-order valence-electron chi connectivity index (χ0n) is 11.1. The highest BCUT2D eigenvalue weighted by Gasteiger charge is 2.27. The van der Waals surface area contributed by atoms with Crippen LogP contribution in [0.3, 0.4) is 0 Å². The summed E-state index contributed by atoms with van der Waals surface area (Å²) in [5.41, 5.74) is 5.75. The first kappa shape index (κ1) is 14.8. The molecule has 0 aromatic heterocycles. The molecule has 21 heavy (non-hydrogen) atoms. The van der Waals surface area contributed by atoms with Crippen LogP contribution in [-0.2, 0) is 10.0 Å². The maximum Gasteiger partial charge on any atom is 0.265 e. The molecule has 0 amide bonds. The first-order chi connectivity index (χ1) is 9.89. The molecule has 0 saturated carbocycles. The molecule has 0 atom stereocenters. The predicted octanol–water partition coefficient (Wildman–Crippen LogP) is 2.10. The Balaban J connectivity index is 2.62. The molecule has 0 saturated heterocycles. The number of rotatable bonds is 3. The van der Waals surface area contributed by atoms with Crippen LogP contribution in [0.2, 0.25) is 0 Å². The number of hydrogen-bond acceptors (Lipinski definition) is 4. The van der Waals surface area contributed by atoms with E-state index in [0.29, 0.717) is 0 Å². The zero-order valence-corrected chi connectivity index (χ0v) is 11.9. The van der Waals surface area contributed by atoms with E-state index in [-0.39, 0.29) is 11.4 Å². The van der Waals surface area contributed by atoms with E-state index < -0.39 is 26.3 Å². The molecule has 0 fully saturated rings. The van der Waals surface area contributed by atoms with E-state index in [1.54, 1.807) is 24.3 Å². The lowest BCUT2D eigenvalue weighted by molar-refractivity contribution is 0.588. The number of para-hydroxylation sites is 2. The number of nitrogen functional groups attached to an aromatic ring is 1. The van der Waals surface area contributed by atoms with Crippen LogP contribution in [0, 0.1) is 17.1 Å². The molecule has 0 bridgehead atoms. The third-order valence-electron chi connectivity index (χ3n) is 3.00. The molecule has 2 aromatic carbocycles. The number of nitrogens with two attached hydrogens (primary N) is 1. The fourth-order valence-electron chi connectivity index (χ4n) is 1.88. The Bertz CT molecular complexity index is 828. The van der Waals surface area contributed by atoms with Crippen LogP contribution >= 0.6 is 0 Å². The summed E-state index contributed by atoms with van der Waals surface area (Å²) in [4.78, 5) is -0.393. The van der Waals surface area contributed by atoms with Crippen LogP contribution in [-0.4, -0.2) is 15.5 Å². The van der Waals surface area contributed by atoms with Gasteiger partial charge in [0.2, 0.25) is 0 Å². The molecule has 0 aliphatic carbocycles. The fraction of sp³-hybridized carbons (Fsp3) is 0.0714. The van der Waals surface area contributed by atoms with Crippen molar-refractivity contribution in [2.75, 3.05) is 17.1 Å². The first-order valence-electron chi connectivity index (χ1n) is 5.91. The van der Waals surface area contributed by atoms with Crippen molar-refractivity contribution in [1.29, 1.82) is 5.26 Å². The molecule has 7 heteroatoms. The van der Waals surface area contributed by atoms with E-state index in [0.717, 1.165) is 10.4 Å². The Hall–Kier alpha value is -2.59. The maximum atomic E-state index is 13.6. The van der Waals surface area contributed by atoms with Gasteiger partial charge in [-0.15, -0.1) is 0 Å². The topological polar surface area (TPSA) is 87.2 Å². The lowest BCUT2D eigenvalue weighted by Crippen LogP contribution is -2.28. The summed E-state index contributed by atoms with van der Waals surface area (Å²) in [6, 6.07) is 11.4. The van der Waals surface area contributed by atoms with Gasteiger partial charge in [-0.05, 0) is 24.3 Å². The average molecular weight is 305 g/mol. The number of sulfonamides is 1. The number of halogens is 1. The quantitative estimate of drug-likeness (QED) is 0.880. The SMILES string of the molecule is CN(c1ccccc1N)S(=O)(=O)c1cccc(F)c1C#N. The number of hydrogen-bond donors (Lipinski definition) is 1. The summed E-state index contributed by atoms with van der Waals surface area (Å²) in [7, 11) is -2.79. The highest BCUT2D eigenvalue weighted by molar-refractivity contribution is 7.92. The molecule has 2 aromatic rings. The van der Waals surface area contributed by atoms with Gasteiger partial charge in [0.15, 0.2) is 0 Å². The summed E-state index contributed by atoms with van der Waals surface area (Å²) in [5, 5.41) is 8.97. The Morgan fingerprint density at radius 3 is 2.48 bits per heavy atom. The van der Waals surface area contributed by atoms with Crippen LogP contribution in [0.15, 0.2) is 47.4 Å². The van der Waals surface area contributed by atoms with Crippen molar-refractivity contribution >= 4 is 21.4 Å². The third-order valence-corrected chi connectivity index (χ3v) is 4.82. The van der Waals surface area contributed by atoms with E-state index >= 15 is 0 Å². The molecular weight excluding hydrogens is 293 g/mol. The van der Waals surface area contributed by atoms with E-state index in [9.17, 15) is 12.8 Å². The number of nitriles is 1. The third kappa shape index (κ3) is 2.53. The van der Waals surface area contributed by atoms with Gasteiger partial charge in [0.05, 0.1) is 11.4 Å². The van der Waals surface area contributed by atoms with E-state index in [1.807, 2.05) is 0 Å². The Morgan fingerprint density at radius 1 is 1.19 bits per heavy atom. The second-order valence-corrected chi connectivity index (χ2v) is 6.19. The average Bonchev–Trinajstić information content (AvgIpc) is 2.46. The van der Waals surface area contributed by atoms with Crippen molar-refractivity contribution < 1.29 is 12.8 Å². The Labute approximate surface area is 122 Å². The fourth-order valence-corrected chi connectivity index (χ4v) is 3.25. The van der Waals surface area contributed by atoms with Crippen molar-refractivity contribution in [3.8, 4) is 6.07 Å². The van der Waals surface area contributed by atoms with Gasteiger partial charge in [-0.3, -0.25) is 4.31 Å². The van der Waals surface area contributed by atoms with Gasteiger partial charge in [0.25, 0.3) is 10.0 Å². The molecule has 0 aliphatic rings. The molecule has 5 nitrogen and oxygen atoms in total. The highest BCUT2D eigenvalue weighted by Crippen LogP contribution is 2.29. The monoisotopic (exact) mass is 305 g/mol. The lowest BCUT2D eigenvalue weighted by Gasteiger charge is -2.21. The summed E-state index contributed by atoms with van der Waals surface area (Å²) in [5.74, 6) is -0.881. The van der Waals surface area contributed by atoms with Gasteiger partial charge >= 0.3 is 0 Å². The molecular formula is C14H12FN3O2S. The van der Waals surface area contributed by atoms with E-state index in [1.165, 1.54) is 25.2 Å². The molecule has 0 aliphatic heterocycles. The second kappa shape index (κ2) is 5.42. The summed E-state index contributed by atoms with van der Waals surface area (Å²) >= 11 is 0. The molecule has 0 heterocycles. The van der Waals surface area contributed by atoms with Crippen LogP contribution in [0.5, 0.6) is 0 Å². The van der Waals surface area contributed by atoms with Crippen LogP contribution in [0.1, 0.15) is 5.56 Å². The minimum atomic E-state index is -4.09. The van der Waals surface area contributed by atoms with Gasteiger partial charge < -0.3 is 5.73 Å². The lowest BCUT2D eigenvalue weighted by atomic mass is 10.2. The minimum absolute atomic E-state index is 0.255. The normalized spacial score (nSPS) is 10.9.